The van der Waals surface area contributed by atoms with Crippen LogP contribution in [-0.2, 0) is 0 Å². The van der Waals surface area contributed by atoms with E-state index in [1.165, 1.54) is 31.3 Å². The van der Waals surface area contributed by atoms with Gasteiger partial charge in [-0.1, -0.05) is 44.6 Å². The van der Waals surface area contributed by atoms with E-state index in [-0.39, 0.29) is 0 Å². The van der Waals surface area contributed by atoms with Crippen molar-refractivity contribution in [1.82, 2.24) is 0 Å². The van der Waals surface area contributed by atoms with Crippen LogP contribution in [0.15, 0.2) is 23.8 Å². The van der Waals surface area contributed by atoms with Crippen LogP contribution in [0.2, 0.25) is 0 Å². The van der Waals surface area contributed by atoms with Crippen molar-refractivity contribution in [2.45, 2.75) is 53.4 Å². The Bertz CT molecular complexity index is 319. The second-order valence-corrected chi connectivity index (χ2v) is 6.69. The van der Waals surface area contributed by atoms with Gasteiger partial charge >= 0.3 is 0 Å². The van der Waals surface area contributed by atoms with Gasteiger partial charge < -0.3 is 0 Å². The highest BCUT2D eigenvalue weighted by molar-refractivity contribution is 5.20. The largest absolute Gasteiger partial charge is 0.0993 e. The minimum atomic E-state index is 0.458. The van der Waals surface area contributed by atoms with E-state index in [2.05, 4.69) is 40.3 Å². The van der Waals surface area contributed by atoms with E-state index in [4.69, 9.17) is 0 Å². The molecule has 0 amide bonds. The van der Waals surface area contributed by atoms with Crippen LogP contribution in [0.3, 0.4) is 0 Å². The molecule has 0 N–H and O–H groups in total. The molecule has 1 saturated carbocycles. The maximum Gasteiger partial charge on any atom is -0.0114 e. The van der Waals surface area contributed by atoms with Gasteiger partial charge in [-0.05, 0) is 55.8 Å². The molecule has 0 heteroatoms. The first-order valence-electron chi connectivity index (χ1n) is 6.78. The SMILES string of the molecule is C=C1C(C)CCC(C)(C)[C@@H]2C=C(C)CC[C@H]12. The highest BCUT2D eigenvalue weighted by atomic mass is 14.4. The maximum atomic E-state index is 4.40. The van der Waals surface area contributed by atoms with Gasteiger partial charge in [0.2, 0.25) is 0 Å². The van der Waals surface area contributed by atoms with Crippen molar-refractivity contribution < 1.29 is 0 Å². The summed E-state index contributed by atoms with van der Waals surface area (Å²) in [4.78, 5) is 0. The van der Waals surface area contributed by atoms with Crippen LogP contribution in [0.4, 0.5) is 0 Å². The zero-order chi connectivity index (χ0) is 11.9. The van der Waals surface area contributed by atoms with Crippen LogP contribution in [-0.4, -0.2) is 0 Å². The number of hydrogen-bond acceptors (Lipinski definition) is 0. The van der Waals surface area contributed by atoms with Crippen molar-refractivity contribution in [3.05, 3.63) is 23.8 Å². The topological polar surface area (TPSA) is 0 Å². The van der Waals surface area contributed by atoms with E-state index >= 15 is 0 Å². The third-order valence-corrected chi connectivity index (χ3v) is 4.98. The Morgan fingerprint density at radius 1 is 1.31 bits per heavy atom. The molecule has 2 rings (SSSR count). The minimum Gasteiger partial charge on any atom is -0.0993 e. The summed E-state index contributed by atoms with van der Waals surface area (Å²) in [6.45, 7) is 14.0. The Labute approximate surface area is 101 Å². The molecule has 16 heavy (non-hydrogen) atoms. The molecule has 0 radical (unpaired) electrons. The number of hydrogen-bond donors (Lipinski definition) is 0. The van der Waals surface area contributed by atoms with Gasteiger partial charge in [-0.15, -0.1) is 0 Å². The van der Waals surface area contributed by atoms with Crippen molar-refractivity contribution >= 4 is 0 Å². The first-order valence-corrected chi connectivity index (χ1v) is 6.78. The Balaban J connectivity index is 2.37. The van der Waals surface area contributed by atoms with Crippen molar-refractivity contribution in [2.75, 3.05) is 0 Å². The van der Waals surface area contributed by atoms with E-state index in [0.717, 1.165) is 17.8 Å². The summed E-state index contributed by atoms with van der Waals surface area (Å²) >= 11 is 0. The molecule has 0 aromatic rings. The lowest BCUT2D eigenvalue weighted by Gasteiger charge is -2.39. The molecule has 0 nitrogen and oxygen atoms in total. The Morgan fingerprint density at radius 2 is 2.00 bits per heavy atom. The second kappa shape index (κ2) is 4.05. The predicted molar refractivity (Wildman–Crippen MR) is 71.3 cm³/mol. The second-order valence-electron chi connectivity index (χ2n) is 6.69. The standard InChI is InChI=1S/C16H26/c1-11-6-7-14-13(3)12(2)8-9-16(4,5)15(14)10-11/h10,12,14-15H,3,6-9H2,1-2,4-5H3/t12?,14-,15-/m1/s1. The summed E-state index contributed by atoms with van der Waals surface area (Å²) in [6.07, 6.45) is 7.84. The molecule has 0 aliphatic heterocycles. The van der Waals surface area contributed by atoms with Crippen LogP contribution in [0.5, 0.6) is 0 Å². The summed E-state index contributed by atoms with van der Waals surface area (Å²) in [6, 6.07) is 0. The van der Waals surface area contributed by atoms with Crippen LogP contribution in [0, 0.1) is 23.2 Å². The smallest absolute Gasteiger partial charge is 0.0114 e. The lowest BCUT2D eigenvalue weighted by atomic mass is 9.65. The highest BCUT2D eigenvalue weighted by Crippen LogP contribution is 2.50. The number of rotatable bonds is 0. The highest BCUT2D eigenvalue weighted by Gasteiger charge is 2.40. The molecule has 1 fully saturated rings. The van der Waals surface area contributed by atoms with Crippen molar-refractivity contribution in [3.8, 4) is 0 Å². The average molecular weight is 218 g/mol. The normalized spacial score (nSPS) is 38.6. The van der Waals surface area contributed by atoms with E-state index < -0.39 is 0 Å². The summed E-state index contributed by atoms with van der Waals surface area (Å²) < 4.78 is 0. The van der Waals surface area contributed by atoms with Crippen molar-refractivity contribution in [1.29, 1.82) is 0 Å². The Morgan fingerprint density at radius 3 is 2.69 bits per heavy atom. The first kappa shape index (κ1) is 12.0. The van der Waals surface area contributed by atoms with Gasteiger partial charge in [0.15, 0.2) is 0 Å². The van der Waals surface area contributed by atoms with Crippen molar-refractivity contribution in [3.63, 3.8) is 0 Å². The molecule has 0 spiro atoms. The number of allylic oxidation sites excluding steroid dienone is 3. The van der Waals surface area contributed by atoms with E-state index in [9.17, 15) is 0 Å². The molecule has 2 aliphatic rings. The molecule has 2 aliphatic carbocycles. The zero-order valence-electron chi connectivity index (χ0n) is 11.3. The van der Waals surface area contributed by atoms with Crippen LogP contribution < -0.4 is 0 Å². The summed E-state index contributed by atoms with van der Waals surface area (Å²) in [5.41, 5.74) is 3.58. The minimum absolute atomic E-state index is 0.458. The molecular weight excluding hydrogens is 192 g/mol. The van der Waals surface area contributed by atoms with Crippen LogP contribution >= 0.6 is 0 Å². The number of fused-ring (bicyclic) bond motifs is 1. The monoisotopic (exact) mass is 218 g/mol. The molecule has 0 bridgehead atoms. The molecule has 0 aromatic carbocycles. The molecule has 0 saturated heterocycles. The fourth-order valence-corrected chi connectivity index (χ4v) is 3.56. The Hall–Kier alpha value is -0.520. The molecule has 0 heterocycles. The molecule has 0 aromatic heterocycles. The van der Waals surface area contributed by atoms with Gasteiger partial charge in [0.1, 0.15) is 0 Å². The van der Waals surface area contributed by atoms with E-state index in [1.807, 2.05) is 0 Å². The molecule has 1 unspecified atom stereocenters. The fraction of sp³-hybridized carbons (Fsp3) is 0.750. The molecule has 90 valence electrons. The summed E-state index contributed by atoms with van der Waals surface area (Å²) in [7, 11) is 0. The van der Waals surface area contributed by atoms with Gasteiger partial charge in [0, 0.05) is 0 Å². The van der Waals surface area contributed by atoms with Gasteiger partial charge in [0.25, 0.3) is 0 Å². The van der Waals surface area contributed by atoms with Gasteiger partial charge in [0.05, 0.1) is 0 Å². The molecular formula is C16H26. The molecule has 3 atom stereocenters. The zero-order valence-corrected chi connectivity index (χ0v) is 11.3. The van der Waals surface area contributed by atoms with Crippen LogP contribution in [0.25, 0.3) is 0 Å². The van der Waals surface area contributed by atoms with Gasteiger partial charge in [-0.3, -0.25) is 0 Å². The first-order chi connectivity index (χ1) is 7.42. The predicted octanol–water partition coefficient (Wildman–Crippen LogP) is 4.97. The third-order valence-electron chi connectivity index (χ3n) is 4.98. The third kappa shape index (κ3) is 1.99. The summed E-state index contributed by atoms with van der Waals surface area (Å²) in [5.74, 6) is 2.20. The fourth-order valence-electron chi connectivity index (χ4n) is 3.56. The Kier molecular flexibility index (Phi) is 3.03. The van der Waals surface area contributed by atoms with Crippen LogP contribution in [0.1, 0.15) is 53.4 Å². The van der Waals surface area contributed by atoms with Gasteiger partial charge in [-0.2, -0.15) is 0 Å². The lowest BCUT2D eigenvalue weighted by molar-refractivity contribution is 0.186. The average Bonchev–Trinajstić information content (AvgIpc) is 2.31. The van der Waals surface area contributed by atoms with E-state index in [1.54, 1.807) is 5.57 Å². The summed E-state index contributed by atoms with van der Waals surface area (Å²) in [5, 5.41) is 0. The lowest BCUT2D eigenvalue weighted by Crippen LogP contribution is -2.30. The quantitative estimate of drug-likeness (QED) is 0.503. The van der Waals surface area contributed by atoms with E-state index in [0.29, 0.717) is 5.41 Å². The van der Waals surface area contributed by atoms with Gasteiger partial charge in [-0.25, -0.2) is 0 Å². The maximum absolute atomic E-state index is 4.40. The van der Waals surface area contributed by atoms with Crippen molar-refractivity contribution in [2.24, 2.45) is 23.2 Å².